The van der Waals surface area contributed by atoms with E-state index < -0.39 is 18.0 Å². The van der Waals surface area contributed by atoms with Gasteiger partial charge in [-0.25, -0.2) is 4.79 Å². The number of carbonyl (C=O) groups is 1. The first kappa shape index (κ1) is 16.3. The highest BCUT2D eigenvalue weighted by Crippen LogP contribution is 2.29. The maximum absolute atomic E-state index is 13.1. The van der Waals surface area contributed by atoms with E-state index in [-0.39, 0.29) is 18.0 Å². The van der Waals surface area contributed by atoms with Gasteiger partial charge in [0, 0.05) is 5.38 Å². The van der Waals surface area contributed by atoms with Gasteiger partial charge in [-0.2, -0.15) is 13.2 Å². The fraction of sp³-hybridized carbons (Fsp3) is 0.286. The number of alkyl halides is 3. The van der Waals surface area contributed by atoms with E-state index in [2.05, 4.69) is 9.73 Å². The Morgan fingerprint density at radius 1 is 1.32 bits per heavy atom. The first-order chi connectivity index (χ1) is 10.4. The molecule has 0 aliphatic rings. The molecule has 1 aromatic carbocycles. The zero-order chi connectivity index (χ0) is 16.2. The number of aromatic nitrogens is 1. The molecule has 22 heavy (non-hydrogen) atoms. The summed E-state index contributed by atoms with van der Waals surface area (Å²) in [5.74, 6) is 0. The average molecular weight is 330 g/mol. The molecule has 4 nitrogen and oxygen atoms in total. The standard InChI is InChI=1S/C14H13F3N2O2S/c1-2-21-13(20)18-12-19(8-10-6-4-3-5-7-10)11(9-22-12)14(15,16)17/h3-7,9H,2,8H2,1H3. The molecular weight excluding hydrogens is 317 g/mol. The van der Waals surface area contributed by atoms with Gasteiger partial charge in [-0.15, -0.1) is 16.3 Å². The molecule has 0 spiro atoms. The number of thiazole rings is 1. The second kappa shape index (κ2) is 6.78. The van der Waals surface area contributed by atoms with E-state index in [1.165, 1.54) is 0 Å². The van der Waals surface area contributed by atoms with Gasteiger partial charge in [-0.05, 0) is 12.5 Å². The van der Waals surface area contributed by atoms with Gasteiger partial charge in [0.15, 0.2) is 4.80 Å². The predicted octanol–water partition coefficient (Wildman–Crippen LogP) is 3.67. The highest BCUT2D eigenvalue weighted by molar-refractivity contribution is 7.07. The Hall–Kier alpha value is -2.09. The Labute approximate surface area is 128 Å². The quantitative estimate of drug-likeness (QED) is 0.862. The summed E-state index contributed by atoms with van der Waals surface area (Å²) >= 11 is 0.752. The maximum atomic E-state index is 13.1. The molecule has 2 aromatic rings. The SMILES string of the molecule is CCOC(=O)N=c1scc(C(F)(F)F)n1Cc1ccccc1. The Morgan fingerprint density at radius 2 is 2.00 bits per heavy atom. The molecule has 1 heterocycles. The number of hydrogen-bond acceptors (Lipinski definition) is 3. The van der Waals surface area contributed by atoms with Gasteiger partial charge in [0.2, 0.25) is 0 Å². The molecule has 0 atom stereocenters. The molecule has 0 unspecified atom stereocenters. The topological polar surface area (TPSA) is 43.6 Å². The number of rotatable bonds is 3. The molecule has 0 aliphatic heterocycles. The lowest BCUT2D eigenvalue weighted by Gasteiger charge is -2.11. The molecule has 2 rings (SSSR count). The van der Waals surface area contributed by atoms with Crippen molar-refractivity contribution in [3.05, 3.63) is 51.8 Å². The van der Waals surface area contributed by atoms with Crippen LogP contribution < -0.4 is 4.80 Å². The number of carbonyl (C=O) groups excluding carboxylic acids is 1. The van der Waals surface area contributed by atoms with Crippen LogP contribution in [-0.4, -0.2) is 17.3 Å². The van der Waals surface area contributed by atoms with Gasteiger partial charge < -0.3 is 9.30 Å². The third-order valence-corrected chi connectivity index (χ3v) is 3.59. The zero-order valence-corrected chi connectivity index (χ0v) is 12.4. The van der Waals surface area contributed by atoms with Crippen LogP contribution in [0.4, 0.5) is 18.0 Å². The van der Waals surface area contributed by atoms with Crippen molar-refractivity contribution >= 4 is 17.4 Å². The summed E-state index contributed by atoms with van der Waals surface area (Å²) in [5.41, 5.74) is -0.166. The van der Waals surface area contributed by atoms with E-state index in [1.807, 2.05) is 0 Å². The van der Waals surface area contributed by atoms with Gasteiger partial charge >= 0.3 is 12.3 Å². The molecule has 0 N–H and O–H groups in total. The molecule has 1 aromatic heterocycles. The number of amides is 1. The average Bonchev–Trinajstić information content (AvgIpc) is 2.83. The van der Waals surface area contributed by atoms with Crippen LogP contribution in [0.2, 0.25) is 0 Å². The third-order valence-electron chi connectivity index (χ3n) is 2.73. The fourth-order valence-electron chi connectivity index (χ4n) is 1.80. The monoisotopic (exact) mass is 330 g/mol. The van der Waals surface area contributed by atoms with Crippen LogP contribution >= 0.6 is 11.3 Å². The van der Waals surface area contributed by atoms with E-state index in [0.717, 1.165) is 21.3 Å². The van der Waals surface area contributed by atoms with E-state index in [9.17, 15) is 18.0 Å². The Morgan fingerprint density at radius 3 is 2.59 bits per heavy atom. The smallest absolute Gasteiger partial charge is 0.436 e. The van der Waals surface area contributed by atoms with Gasteiger partial charge in [0.05, 0.1) is 13.2 Å². The van der Waals surface area contributed by atoms with Crippen molar-refractivity contribution in [1.82, 2.24) is 4.57 Å². The van der Waals surface area contributed by atoms with Crippen LogP contribution in [0.5, 0.6) is 0 Å². The molecule has 0 saturated heterocycles. The molecule has 118 valence electrons. The first-order valence-electron chi connectivity index (χ1n) is 6.42. The van der Waals surface area contributed by atoms with Gasteiger partial charge in [0.25, 0.3) is 0 Å². The normalized spacial score (nSPS) is 12.5. The molecule has 0 saturated carbocycles. The van der Waals surface area contributed by atoms with E-state index in [4.69, 9.17) is 0 Å². The maximum Gasteiger partial charge on any atom is 0.436 e. The largest absolute Gasteiger partial charge is 0.448 e. The van der Waals surface area contributed by atoms with Crippen molar-refractivity contribution < 1.29 is 22.7 Å². The van der Waals surface area contributed by atoms with Crippen molar-refractivity contribution in [3.8, 4) is 0 Å². The van der Waals surface area contributed by atoms with Crippen molar-refractivity contribution in [2.24, 2.45) is 4.99 Å². The van der Waals surface area contributed by atoms with Crippen LogP contribution in [-0.2, 0) is 17.5 Å². The van der Waals surface area contributed by atoms with E-state index in [0.29, 0.717) is 5.56 Å². The van der Waals surface area contributed by atoms with Crippen LogP contribution in [0.15, 0.2) is 40.7 Å². The minimum absolute atomic E-state index is 0.0303. The minimum atomic E-state index is -4.52. The Kier molecular flexibility index (Phi) is 5.02. The lowest BCUT2D eigenvalue weighted by Crippen LogP contribution is -2.24. The van der Waals surface area contributed by atoms with Crippen molar-refractivity contribution in [2.75, 3.05) is 6.61 Å². The lowest BCUT2D eigenvalue weighted by atomic mass is 10.2. The molecule has 1 amide bonds. The highest BCUT2D eigenvalue weighted by Gasteiger charge is 2.35. The molecule has 0 aliphatic carbocycles. The number of halogens is 3. The number of benzene rings is 1. The van der Waals surface area contributed by atoms with Crippen molar-refractivity contribution in [2.45, 2.75) is 19.6 Å². The molecule has 0 bridgehead atoms. The van der Waals surface area contributed by atoms with Crippen LogP contribution in [0.1, 0.15) is 18.2 Å². The van der Waals surface area contributed by atoms with Crippen LogP contribution in [0.25, 0.3) is 0 Å². The second-order valence-corrected chi connectivity index (χ2v) is 5.12. The number of hydrogen-bond donors (Lipinski definition) is 0. The Balaban J connectivity index is 2.47. The lowest BCUT2D eigenvalue weighted by molar-refractivity contribution is -0.143. The predicted molar refractivity (Wildman–Crippen MR) is 75.4 cm³/mol. The summed E-state index contributed by atoms with van der Waals surface area (Å²) in [7, 11) is 0. The molecular formula is C14H13F3N2O2S. The third kappa shape index (κ3) is 3.97. The molecule has 0 radical (unpaired) electrons. The number of ether oxygens (including phenoxy) is 1. The van der Waals surface area contributed by atoms with Crippen molar-refractivity contribution in [1.29, 1.82) is 0 Å². The van der Waals surface area contributed by atoms with Crippen LogP contribution in [0.3, 0.4) is 0 Å². The Bertz CT molecular complexity index is 705. The van der Waals surface area contributed by atoms with Gasteiger partial charge in [0.1, 0.15) is 5.69 Å². The van der Waals surface area contributed by atoms with Gasteiger partial charge in [-0.1, -0.05) is 30.3 Å². The second-order valence-electron chi connectivity index (χ2n) is 4.28. The summed E-state index contributed by atoms with van der Waals surface area (Å²) in [6, 6.07) is 8.66. The summed E-state index contributed by atoms with van der Waals surface area (Å²) < 4.78 is 44.9. The highest BCUT2D eigenvalue weighted by atomic mass is 32.1. The van der Waals surface area contributed by atoms with Crippen LogP contribution in [0, 0.1) is 0 Å². The van der Waals surface area contributed by atoms with Gasteiger partial charge in [-0.3, -0.25) is 0 Å². The van der Waals surface area contributed by atoms with Crippen molar-refractivity contribution in [3.63, 3.8) is 0 Å². The first-order valence-corrected chi connectivity index (χ1v) is 7.30. The summed E-state index contributed by atoms with van der Waals surface area (Å²) in [5, 5.41) is 0.945. The molecule has 0 fully saturated rings. The summed E-state index contributed by atoms with van der Waals surface area (Å²) in [4.78, 5) is 15.0. The zero-order valence-electron chi connectivity index (χ0n) is 11.6. The number of nitrogens with zero attached hydrogens (tertiary/aromatic N) is 2. The van der Waals surface area contributed by atoms with E-state index in [1.54, 1.807) is 37.3 Å². The minimum Gasteiger partial charge on any atom is -0.448 e. The summed E-state index contributed by atoms with van der Waals surface area (Å²) in [6.45, 7) is 1.68. The van der Waals surface area contributed by atoms with E-state index >= 15 is 0 Å². The fourth-order valence-corrected chi connectivity index (χ4v) is 2.69. The molecule has 8 heteroatoms. The summed E-state index contributed by atoms with van der Waals surface area (Å²) in [6.07, 6.45) is -5.42.